The summed E-state index contributed by atoms with van der Waals surface area (Å²) in [6, 6.07) is 15.8. The van der Waals surface area contributed by atoms with Gasteiger partial charge in [-0.2, -0.15) is 5.10 Å². The largest absolute Gasteiger partial charge is 0.439 e. The van der Waals surface area contributed by atoms with E-state index in [1.807, 2.05) is 36.4 Å². The van der Waals surface area contributed by atoms with Gasteiger partial charge in [-0.25, -0.2) is 4.98 Å². The van der Waals surface area contributed by atoms with Gasteiger partial charge >= 0.3 is 0 Å². The number of H-pyrrole nitrogens is 1. The number of aromatic amines is 1. The molecule has 4 heterocycles. The Morgan fingerprint density at radius 2 is 2.10 bits per heavy atom. The van der Waals surface area contributed by atoms with Crippen LogP contribution in [0.4, 0.5) is 0 Å². The first kappa shape index (κ1) is 18.7. The maximum absolute atomic E-state index is 5.93. The zero-order chi connectivity index (χ0) is 20.3. The van der Waals surface area contributed by atoms with Crippen LogP contribution in [-0.4, -0.2) is 51.4 Å². The molecule has 4 aromatic rings. The van der Waals surface area contributed by atoms with Crippen LogP contribution in [0.15, 0.2) is 60.9 Å². The lowest BCUT2D eigenvalue weighted by atomic mass is 10.2. The van der Waals surface area contributed by atoms with Crippen LogP contribution in [0.2, 0.25) is 0 Å². The Kier molecular flexibility index (Phi) is 5.13. The van der Waals surface area contributed by atoms with Crippen LogP contribution in [0, 0.1) is 0 Å². The zero-order valence-electron chi connectivity index (χ0n) is 16.8. The second-order valence-electron chi connectivity index (χ2n) is 7.50. The van der Waals surface area contributed by atoms with Gasteiger partial charge in [0.2, 0.25) is 5.88 Å². The molecule has 7 nitrogen and oxygen atoms in total. The Morgan fingerprint density at radius 3 is 2.87 bits per heavy atom. The third-order valence-corrected chi connectivity index (χ3v) is 5.44. The molecule has 3 aromatic heterocycles. The monoisotopic (exact) mass is 401 g/mol. The maximum Gasteiger partial charge on any atom is 0.219 e. The molecule has 1 fully saturated rings. The summed E-state index contributed by atoms with van der Waals surface area (Å²) < 4.78 is 11.4. The average Bonchev–Trinajstić information content (AvgIpc) is 3.47. The minimum absolute atomic E-state index is 0.340. The van der Waals surface area contributed by atoms with Gasteiger partial charge in [0.25, 0.3) is 0 Å². The van der Waals surface area contributed by atoms with Crippen molar-refractivity contribution in [3.05, 3.63) is 66.6 Å². The van der Waals surface area contributed by atoms with Crippen LogP contribution in [-0.2, 0) is 11.3 Å². The summed E-state index contributed by atoms with van der Waals surface area (Å²) >= 11 is 0. The van der Waals surface area contributed by atoms with Crippen molar-refractivity contribution in [3.8, 4) is 22.9 Å². The molecule has 1 aromatic carbocycles. The summed E-state index contributed by atoms with van der Waals surface area (Å²) in [7, 11) is 1.78. The summed E-state index contributed by atoms with van der Waals surface area (Å²) in [5, 5.41) is 7.93. The van der Waals surface area contributed by atoms with E-state index in [1.165, 1.54) is 0 Å². The van der Waals surface area contributed by atoms with Crippen LogP contribution in [0.1, 0.15) is 12.1 Å². The summed E-state index contributed by atoms with van der Waals surface area (Å²) in [6.07, 6.45) is 4.91. The van der Waals surface area contributed by atoms with Crippen LogP contribution in [0.5, 0.6) is 11.6 Å². The van der Waals surface area contributed by atoms with Crippen LogP contribution < -0.4 is 4.74 Å². The number of fused-ring (bicyclic) bond motifs is 1. The van der Waals surface area contributed by atoms with Crippen molar-refractivity contribution in [1.29, 1.82) is 0 Å². The molecule has 0 saturated carbocycles. The number of ether oxygens (including phenoxy) is 2. The SMILES string of the molecule is CO[C@@H]1CCN(Cc2ccc3cc(Oc4ccc(-c5ccn[nH]5)cn4)ccc3n2)C1. The van der Waals surface area contributed by atoms with Crippen LogP contribution in [0.25, 0.3) is 22.2 Å². The van der Waals surface area contributed by atoms with Gasteiger partial charge < -0.3 is 9.47 Å². The summed E-state index contributed by atoms with van der Waals surface area (Å²) in [6.45, 7) is 2.87. The molecule has 30 heavy (non-hydrogen) atoms. The third kappa shape index (κ3) is 4.03. The number of rotatable bonds is 6. The first-order valence-corrected chi connectivity index (χ1v) is 10.1. The van der Waals surface area contributed by atoms with E-state index < -0.39 is 0 Å². The molecule has 0 radical (unpaired) electrons. The van der Waals surface area contributed by atoms with Gasteiger partial charge in [-0.15, -0.1) is 0 Å². The first-order chi connectivity index (χ1) is 14.8. The summed E-state index contributed by atoms with van der Waals surface area (Å²) in [4.78, 5) is 11.6. The van der Waals surface area contributed by atoms with Crippen molar-refractivity contribution in [1.82, 2.24) is 25.1 Å². The number of hydrogen-bond acceptors (Lipinski definition) is 6. The van der Waals surface area contributed by atoms with Crippen molar-refractivity contribution >= 4 is 10.9 Å². The molecule has 1 atom stereocenters. The third-order valence-electron chi connectivity index (χ3n) is 5.44. The molecule has 5 rings (SSSR count). The lowest BCUT2D eigenvalue weighted by Gasteiger charge is -2.15. The topological polar surface area (TPSA) is 76.2 Å². The Bertz CT molecular complexity index is 1130. The molecular weight excluding hydrogens is 378 g/mol. The molecule has 0 spiro atoms. The molecule has 152 valence electrons. The van der Waals surface area contributed by atoms with E-state index in [9.17, 15) is 0 Å². The van der Waals surface area contributed by atoms with Crippen LogP contribution >= 0.6 is 0 Å². The normalized spacial score (nSPS) is 16.9. The Labute approximate surface area is 174 Å². The van der Waals surface area contributed by atoms with Gasteiger partial charge in [-0.05, 0) is 42.8 Å². The average molecular weight is 401 g/mol. The minimum Gasteiger partial charge on any atom is -0.439 e. The highest BCUT2D eigenvalue weighted by Gasteiger charge is 2.22. The number of aromatic nitrogens is 4. The van der Waals surface area contributed by atoms with Crippen molar-refractivity contribution in [2.45, 2.75) is 19.1 Å². The van der Waals surface area contributed by atoms with Gasteiger partial charge in [0.05, 0.1) is 23.0 Å². The highest BCUT2D eigenvalue weighted by molar-refractivity contribution is 5.80. The molecular formula is C23H23N5O2. The van der Waals surface area contributed by atoms with Crippen molar-refractivity contribution < 1.29 is 9.47 Å². The number of nitrogens with one attached hydrogen (secondary N) is 1. The smallest absolute Gasteiger partial charge is 0.219 e. The van der Waals surface area contributed by atoms with Crippen molar-refractivity contribution in [2.75, 3.05) is 20.2 Å². The number of hydrogen-bond donors (Lipinski definition) is 1. The number of nitrogens with zero attached hydrogens (tertiary/aromatic N) is 4. The fourth-order valence-corrected chi connectivity index (χ4v) is 3.80. The second kappa shape index (κ2) is 8.22. The molecule has 1 aliphatic rings. The van der Waals surface area contributed by atoms with Gasteiger partial charge in [-0.3, -0.25) is 15.0 Å². The first-order valence-electron chi connectivity index (χ1n) is 10.1. The lowest BCUT2D eigenvalue weighted by Crippen LogP contribution is -2.22. The quantitative estimate of drug-likeness (QED) is 0.526. The summed E-state index contributed by atoms with van der Waals surface area (Å²) in [5.74, 6) is 1.28. The molecule has 1 saturated heterocycles. The Morgan fingerprint density at radius 1 is 1.13 bits per heavy atom. The predicted molar refractivity (Wildman–Crippen MR) is 114 cm³/mol. The highest BCUT2D eigenvalue weighted by atomic mass is 16.5. The number of methoxy groups -OCH3 is 1. The number of likely N-dealkylation sites (tertiary alicyclic amines) is 1. The second-order valence-corrected chi connectivity index (χ2v) is 7.50. The predicted octanol–water partition coefficient (Wildman–Crippen LogP) is 4.03. The van der Waals surface area contributed by atoms with Gasteiger partial charge in [-0.1, -0.05) is 6.07 Å². The Balaban J connectivity index is 1.28. The van der Waals surface area contributed by atoms with E-state index in [0.29, 0.717) is 12.0 Å². The summed E-state index contributed by atoms with van der Waals surface area (Å²) in [5.41, 5.74) is 3.92. The van der Waals surface area contributed by atoms with E-state index in [0.717, 1.165) is 59.7 Å². The molecule has 0 aliphatic carbocycles. The van der Waals surface area contributed by atoms with E-state index in [2.05, 4.69) is 32.2 Å². The maximum atomic E-state index is 5.93. The van der Waals surface area contributed by atoms with E-state index in [4.69, 9.17) is 14.5 Å². The van der Waals surface area contributed by atoms with Crippen molar-refractivity contribution in [2.24, 2.45) is 0 Å². The van der Waals surface area contributed by atoms with Gasteiger partial charge in [0.15, 0.2) is 0 Å². The molecule has 0 bridgehead atoms. The molecule has 0 unspecified atom stereocenters. The van der Waals surface area contributed by atoms with E-state index in [1.54, 1.807) is 19.5 Å². The number of benzene rings is 1. The van der Waals surface area contributed by atoms with Gasteiger partial charge in [0.1, 0.15) is 5.75 Å². The fourth-order valence-electron chi connectivity index (χ4n) is 3.80. The Hall–Kier alpha value is -3.29. The van der Waals surface area contributed by atoms with Crippen molar-refractivity contribution in [3.63, 3.8) is 0 Å². The molecule has 0 amide bonds. The standard InChI is InChI=1S/C23H23N5O2/c1-29-20-9-11-28(15-20)14-18-4-2-16-12-19(5-6-21(16)26-18)30-23-7-3-17(13-24-23)22-8-10-25-27-22/h2-8,10,12-13,20H,9,11,14-15H2,1H3,(H,25,27)/t20-/m1/s1. The molecule has 7 heteroatoms. The van der Waals surface area contributed by atoms with Crippen LogP contribution in [0.3, 0.4) is 0 Å². The fraction of sp³-hybridized carbons (Fsp3) is 0.261. The molecule has 1 N–H and O–H groups in total. The number of pyridine rings is 2. The molecule has 1 aliphatic heterocycles. The minimum atomic E-state index is 0.340. The lowest BCUT2D eigenvalue weighted by molar-refractivity contribution is 0.107. The van der Waals surface area contributed by atoms with E-state index >= 15 is 0 Å². The van der Waals surface area contributed by atoms with Gasteiger partial charge in [0, 0.05) is 56.2 Å². The zero-order valence-corrected chi connectivity index (χ0v) is 16.8. The highest BCUT2D eigenvalue weighted by Crippen LogP contribution is 2.26. The van der Waals surface area contributed by atoms with E-state index in [-0.39, 0.29) is 0 Å².